The third-order valence-electron chi connectivity index (χ3n) is 2.57. The van der Waals surface area contributed by atoms with Gasteiger partial charge in [-0.3, -0.25) is 14.9 Å². The number of H-pyrrole nitrogens is 1. The number of aliphatic carboxylic acids is 1. The van der Waals surface area contributed by atoms with Gasteiger partial charge in [0.15, 0.2) is 0 Å². The molecular formula is C12H13N3O2. The zero-order chi connectivity index (χ0) is 12.4. The molecule has 0 aromatic carbocycles. The molecule has 88 valence electrons. The molecule has 0 atom stereocenters. The number of hydrogen-bond donors (Lipinski definition) is 2. The second-order valence-corrected chi connectivity index (χ2v) is 3.96. The highest BCUT2D eigenvalue weighted by molar-refractivity contribution is 5.72. The Labute approximate surface area is 98.5 Å². The van der Waals surface area contributed by atoms with E-state index >= 15 is 0 Å². The molecule has 2 heterocycles. The molecule has 5 heteroatoms. The van der Waals surface area contributed by atoms with Crippen LogP contribution >= 0.6 is 0 Å². The largest absolute Gasteiger partial charge is 0.481 e. The van der Waals surface area contributed by atoms with Crippen LogP contribution in [0, 0.1) is 13.8 Å². The minimum atomic E-state index is -0.857. The average Bonchev–Trinajstić information content (AvgIpc) is 2.58. The number of hydrogen-bond acceptors (Lipinski definition) is 3. The summed E-state index contributed by atoms with van der Waals surface area (Å²) < 4.78 is 0. The zero-order valence-corrected chi connectivity index (χ0v) is 9.69. The van der Waals surface area contributed by atoms with Crippen LogP contribution in [0.15, 0.2) is 18.5 Å². The fraction of sp³-hybridized carbons (Fsp3) is 0.250. The predicted octanol–water partition coefficient (Wildman–Crippen LogP) is 1.72. The van der Waals surface area contributed by atoms with Gasteiger partial charge in [0.05, 0.1) is 12.1 Å². The van der Waals surface area contributed by atoms with Crippen molar-refractivity contribution in [3.8, 4) is 11.1 Å². The predicted molar refractivity (Wildman–Crippen MR) is 62.6 cm³/mol. The minimum Gasteiger partial charge on any atom is -0.481 e. The second kappa shape index (κ2) is 4.37. The number of rotatable bonds is 3. The SMILES string of the molecule is Cc1n[nH]c(C)c1-c1cncc(CC(=O)O)c1. The van der Waals surface area contributed by atoms with E-state index in [-0.39, 0.29) is 6.42 Å². The number of aromatic amines is 1. The van der Waals surface area contributed by atoms with Crippen LogP contribution in [-0.2, 0) is 11.2 Å². The topological polar surface area (TPSA) is 78.9 Å². The molecule has 2 aromatic rings. The van der Waals surface area contributed by atoms with E-state index in [2.05, 4.69) is 15.2 Å². The highest BCUT2D eigenvalue weighted by atomic mass is 16.4. The van der Waals surface area contributed by atoms with Gasteiger partial charge in [-0.2, -0.15) is 5.10 Å². The molecule has 5 nitrogen and oxygen atoms in total. The maximum absolute atomic E-state index is 10.7. The highest BCUT2D eigenvalue weighted by Gasteiger charge is 2.10. The van der Waals surface area contributed by atoms with Gasteiger partial charge in [-0.15, -0.1) is 0 Å². The molecular weight excluding hydrogens is 218 g/mol. The first kappa shape index (κ1) is 11.3. The molecule has 0 aliphatic rings. The molecule has 0 saturated carbocycles. The summed E-state index contributed by atoms with van der Waals surface area (Å²) in [4.78, 5) is 14.7. The van der Waals surface area contributed by atoms with Crippen LogP contribution in [-0.4, -0.2) is 26.3 Å². The maximum Gasteiger partial charge on any atom is 0.307 e. The van der Waals surface area contributed by atoms with Crippen molar-refractivity contribution in [2.75, 3.05) is 0 Å². The van der Waals surface area contributed by atoms with Crippen molar-refractivity contribution in [1.82, 2.24) is 15.2 Å². The lowest BCUT2D eigenvalue weighted by Crippen LogP contribution is -2.00. The Hall–Kier alpha value is -2.17. The molecule has 0 unspecified atom stereocenters. The highest BCUT2D eigenvalue weighted by Crippen LogP contribution is 2.25. The standard InChI is InChI=1S/C12H13N3O2/c1-7-12(8(2)15-14-7)10-3-9(4-11(16)17)5-13-6-10/h3,5-6H,4H2,1-2H3,(H,14,15)(H,16,17). The lowest BCUT2D eigenvalue weighted by molar-refractivity contribution is -0.136. The molecule has 0 saturated heterocycles. The molecule has 2 rings (SSSR count). The molecule has 0 radical (unpaired) electrons. The number of carboxylic acids is 1. The third-order valence-corrected chi connectivity index (χ3v) is 2.57. The summed E-state index contributed by atoms with van der Waals surface area (Å²) in [5, 5.41) is 15.8. The summed E-state index contributed by atoms with van der Waals surface area (Å²) in [5.41, 5.74) is 4.42. The van der Waals surface area contributed by atoms with Gasteiger partial charge >= 0.3 is 5.97 Å². The fourth-order valence-corrected chi connectivity index (χ4v) is 1.87. The summed E-state index contributed by atoms with van der Waals surface area (Å²) >= 11 is 0. The van der Waals surface area contributed by atoms with Crippen LogP contribution < -0.4 is 0 Å². The molecule has 0 aliphatic carbocycles. The molecule has 17 heavy (non-hydrogen) atoms. The number of aryl methyl sites for hydroxylation is 2. The quantitative estimate of drug-likeness (QED) is 0.842. The van der Waals surface area contributed by atoms with Crippen molar-refractivity contribution >= 4 is 5.97 Å². The fourth-order valence-electron chi connectivity index (χ4n) is 1.87. The maximum atomic E-state index is 10.7. The normalized spacial score (nSPS) is 10.5. The van der Waals surface area contributed by atoms with E-state index in [1.54, 1.807) is 12.4 Å². The van der Waals surface area contributed by atoms with Crippen LogP contribution in [0.1, 0.15) is 17.0 Å². The summed E-state index contributed by atoms with van der Waals surface area (Å²) in [5.74, 6) is -0.857. The van der Waals surface area contributed by atoms with Gasteiger partial charge in [-0.25, -0.2) is 0 Å². The molecule has 0 bridgehead atoms. The Bertz CT molecular complexity index is 541. The van der Waals surface area contributed by atoms with E-state index in [4.69, 9.17) is 5.11 Å². The van der Waals surface area contributed by atoms with Crippen molar-refractivity contribution in [3.05, 3.63) is 35.4 Å². The van der Waals surface area contributed by atoms with Gasteiger partial charge in [0, 0.05) is 29.2 Å². The monoisotopic (exact) mass is 231 g/mol. The Balaban J connectivity index is 2.43. The summed E-state index contributed by atoms with van der Waals surface area (Å²) in [6.45, 7) is 3.84. The lowest BCUT2D eigenvalue weighted by atomic mass is 10.0. The smallest absolute Gasteiger partial charge is 0.307 e. The van der Waals surface area contributed by atoms with E-state index in [1.807, 2.05) is 19.9 Å². The Morgan fingerprint density at radius 2 is 2.18 bits per heavy atom. The van der Waals surface area contributed by atoms with Gasteiger partial charge in [-0.1, -0.05) is 0 Å². The van der Waals surface area contributed by atoms with E-state index < -0.39 is 5.97 Å². The van der Waals surface area contributed by atoms with Gasteiger partial charge in [-0.05, 0) is 25.5 Å². The van der Waals surface area contributed by atoms with E-state index in [0.717, 1.165) is 22.5 Å². The molecule has 0 aliphatic heterocycles. The first-order chi connectivity index (χ1) is 8.08. The van der Waals surface area contributed by atoms with Crippen molar-refractivity contribution in [2.24, 2.45) is 0 Å². The second-order valence-electron chi connectivity index (χ2n) is 3.96. The minimum absolute atomic E-state index is 0.0171. The van der Waals surface area contributed by atoms with Gasteiger partial charge < -0.3 is 5.11 Å². The van der Waals surface area contributed by atoms with Crippen LogP contribution in [0.2, 0.25) is 0 Å². The summed E-state index contributed by atoms with van der Waals surface area (Å²) in [6.07, 6.45) is 3.27. The van der Waals surface area contributed by atoms with Crippen molar-refractivity contribution < 1.29 is 9.90 Å². The van der Waals surface area contributed by atoms with Crippen LogP contribution in [0.25, 0.3) is 11.1 Å². The van der Waals surface area contributed by atoms with Crippen LogP contribution in [0.5, 0.6) is 0 Å². The van der Waals surface area contributed by atoms with E-state index in [9.17, 15) is 4.79 Å². The van der Waals surface area contributed by atoms with Crippen LogP contribution in [0.3, 0.4) is 0 Å². The third kappa shape index (κ3) is 2.33. The molecule has 0 fully saturated rings. The van der Waals surface area contributed by atoms with Gasteiger partial charge in [0.2, 0.25) is 0 Å². The Morgan fingerprint density at radius 1 is 1.41 bits per heavy atom. The first-order valence-corrected chi connectivity index (χ1v) is 5.25. The van der Waals surface area contributed by atoms with Gasteiger partial charge in [0.25, 0.3) is 0 Å². The Kier molecular flexibility index (Phi) is 2.91. The molecule has 0 spiro atoms. The van der Waals surface area contributed by atoms with Crippen molar-refractivity contribution in [2.45, 2.75) is 20.3 Å². The van der Waals surface area contributed by atoms with Gasteiger partial charge in [0.1, 0.15) is 0 Å². The summed E-state index contributed by atoms with van der Waals surface area (Å²) in [7, 11) is 0. The number of carboxylic acid groups (broad SMARTS) is 1. The average molecular weight is 231 g/mol. The number of pyridine rings is 1. The van der Waals surface area contributed by atoms with Crippen molar-refractivity contribution in [1.29, 1.82) is 0 Å². The lowest BCUT2D eigenvalue weighted by Gasteiger charge is -2.03. The molecule has 2 N–H and O–H groups in total. The number of nitrogens with zero attached hydrogens (tertiary/aromatic N) is 2. The zero-order valence-electron chi connectivity index (χ0n) is 9.69. The van der Waals surface area contributed by atoms with Crippen molar-refractivity contribution in [3.63, 3.8) is 0 Å². The molecule has 2 aromatic heterocycles. The number of nitrogens with one attached hydrogen (secondary N) is 1. The molecule has 0 amide bonds. The number of aromatic nitrogens is 3. The van der Waals surface area contributed by atoms with E-state index in [0.29, 0.717) is 5.56 Å². The first-order valence-electron chi connectivity index (χ1n) is 5.25. The van der Waals surface area contributed by atoms with Crippen LogP contribution in [0.4, 0.5) is 0 Å². The summed E-state index contributed by atoms with van der Waals surface area (Å²) in [6, 6.07) is 1.84. The number of carbonyl (C=O) groups is 1. The Morgan fingerprint density at radius 3 is 2.76 bits per heavy atom. The van der Waals surface area contributed by atoms with E-state index in [1.165, 1.54) is 0 Å².